The van der Waals surface area contributed by atoms with Gasteiger partial charge < -0.3 is 10.5 Å². The van der Waals surface area contributed by atoms with Gasteiger partial charge >= 0.3 is 0 Å². The summed E-state index contributed by atoms with van der Waals surface area (Å²) >= 11 is 2.82. The van der Waals surface area contributed by atoms with Crippen molar-refractivity contribution in [2.45, 2.75) is 10.9 Å². The molecule has 1 heterocycles. The highest BCUT2D eigenvalue weighted by Gasteiger charge is 2.39. The Labute approximate surface area is 128 Å². The minimum atomic E-state index is -4.37. The number of nitrogens with two attached hydrogens (primary N) is 1. The Hall–Kier alpha value is -1.10. The second-order valence-electron chi connectivity index (χ2n) is 4.31. The highest BCUT2D eigenvalue weighted by molar-refractivity contribution is 9.10. The van der Waals surface area contributed by atoms with Gasteiger partial charge in [-0.25, -0.2) is 17.2 Å². The molecule has 21 heavy (non-hydrogen) atoms. The van der Waals surface area contributed by atoms with Gasteiger partial charge in [-0.15, -0.1) is 0 Å². The van der Waals surface area contributed by atoms with E-state index in [0.29, 0.717) is 6.07 Å². The quantitative estimate of drug-likeness (QED) is 0.826. The first-order chi connectivity index (χ1) is 9.75. The molecule has 0 aromatic heterocycles. The molecule has 0 spiro atoms. The third-order valence-corrected chi connectivity index (χ3v) is 5.81. The second-order valence-corrected chi connectivity index (χ2v) is 6.99. The summed E-state index contributed by atoms with van der Waals surface area (Å²) in [5, 5.41) is 0. The van der Waals surface area contributed by atoms with E-state index in [0.717, 1.165) is 10.4 Å². The van der Waals surface area contributed by atoms with E-state index in [4.69, 9.17) is 10.5 Å². The van der Waals surface area contributed by atoms with E-state index in [1.807, 2.05) is 0 Å². The van der Waals surface area contributed by atoms with Gasteiger partial charge in [-0.1, -0.05) is 0 Å². The molecule has 0 saturated carbocycles. The molecular formula is C11H11BrF2N2O4S. The van der Waals surface area contributed by atoms with Crippen molar-refractivity contribution in [1.29, 1.82) is 0 Å². The molecule has 1 aromatic carbocycles. The fourth-order valence-electron chi connectivity index (χ4n) is 1.99. The molecule has 1 amide bonds. The first-order valence-electron chi connectivity index (χ1n) is 5.78. The van der Waals surface area contributed by atoms with E-state index in [1.54, 1.807) is 0 Å². The Kier molecular flexibility index (Phi) is 4.61. The fourth-order valence-corrected chi connectivity index (χ4v) is 4.67. The Morgan fingerprint density at radius 1 is 1.43 bits per heavy atom. The maximum Gasteiger partial charge on any atom is 0.248 e. The lowest BCUT2D eigenvalue weighted by Crippen LogP contribution is -2.54. The number of sulfonamides is 1. The van der Waals surface area contributed by atoms with Crippen LogP contribution in [0.15, 0.2) is 21.5 Å². The first-order valence-corrected chi connectivity index (χ1v) is 8.02. The third-order valence-electron chi connectivity index (χ3n) is 2.94. The summed E-state index contributed by atoms with van der Waals surface area (Å²) in [6.07, 6.45) is 0. The van der Waals surface area contributed by atoms with Gasteiger partial charge in [-0.05, 0) is 22.0 Å². The summed E-state index contributed by atoms with van der Waals surface area (Å²) in [4.78, 5) is 10.6. The Bertz CT molecular complexity index is 660. The van der Waals surface area contributed by atoms with E-state index >= 15 is 0 Å². The number of halogens is 3. The van der Waals surface area contributed by atoms with Crippen LogP contribution in [0.25, 0.3) is 0 Å². The van der Waals surface area contributed by atoms with Crippen LogP contribution in [0.2, 0.25) is 0 Å². The molecule has 1 saturated heterocycles. The van der Waals surface area contributed by atoms with Gasteiger partial charge in [0.05, 0.1) is 13.2 Å². The maximum absolute atomic E-state index is 13.9. The van der Waals surface area contributed by atoms with Gasteiger partial charge in [0.25, 0.3) is 0 Å². The number of ether oxygens (including phenoxy) is 1. The molecule has 0 bridgehead atoms. The van der Waals surface area contributed by atoms with E-state index in [9.17, 15) is 22.0 Å². The van der Waals surface area contributed by atoms with Crippen molar-refractivity contribution in [2.75, 3.05) is 19.8 Å². The number of benzene rings is 1. The van der Waals surface area contributed by atoms with Gasteiger partial charge in [0.15, 0.2) is 0 Å². The average Bonchev–Trinajstić information content (AvgIpc) is 2.37. The molecule has 116 valence electrons. The lowest BCUT2D eigenvalue weighted by Gasteiger charge is -2.32. The van der Waals surface area contributed by atoms with Crippen LogP contribution in [0, 0.1) is 11.6 Å². The van der Waals surface area contributed by atoms with Crippen LogP contribution in [-0.2, 0) is 19.6 Å². The van der Waals surface area contributed by atoms with Crippen LogP contribution >= 0.6 is 15.9 Å². The summed E-state index contributed by atoms with van der Waals surface area (Å²) in [7, 11) is -4.37. The molecule has 2 N–H and O–H groups in total. The minimum Gasteiger partial charge on any atom is -0.378 e. The van der Waals surface area contributed by atoms with E-state index in [-0.39, 0.29) is 24.2 Å². The molecule has 0 radical (unpaired) electrons. The normalized spacial score (nSPS) is 20.4. The topological polar surface area (TPSA) is 89.7 Å². The molecule has 1 aliphatic heterocycles. The fraction of sp³-hybridized carbons (Fsp3) is 0.364. The molecule has 10 heteroatoms. The molecule has 1 aliphatic rings. The standard InChI is InChI=1S/C11H11BrF2N2O4S/c12-7-3-6(13)4-8(14)10(7)21(18,19)16-1-2-20-5-9(16)11(15)17/h3-4,9H,1-2,5H2,(H2,15,17). The van der Waals surface area contributed by atoms with Crippen LogP contribution in [0.3, 0.4) is 0 Å². The molecule has 1 unspecified atom stereocenters. The molecule has 0 aliphatic carbocycles. The summed E-state index contributed by atoms with van der Waals surface area (Å²) in [5.74, 6) is -3.08. The SMILES string of the molecule is NC(=O)C1COCCN1S(=O)(=O)c1c(F)cc(F)cc1Br. The number of amides is 1. The van der Waals surface area contributed by atoms with Crippen LogP contribution in [0.4, 0.5) is 8.78 Å². The Morgan fingerprint density at radius 2 is 2.10 bits per heavy atom. The van der Waals surface area contributed by atoms with Gasteiger partial charge in [0.1, 0.15) is 22.6 Å². The van der Waals surface area contributed by atoms with Crippen LogP contribution < -0.4 is 5.73 Å². The van der Waals surface area contributed by atoms with Crippen LogP contribution in [0.1, 0.15) is 0 Å². The molecule has 1 fully saturated rings. The van der Waals surface area contributed by atoms with Crippen molar-refractivity contribution in [2.24, 2.45) is 5.73 Å². The minimum absolute atomic E-state index is 0.0451. The van der Waals surface area contributed by atoms with Crippen molar-refractivity contribution in [1.82, 2.24) is 4.31 Å². The average molecular weight is 385 g/mol. The predicted molar refractivity (Wildman–Crippen MR) is 71.8 cm³/mol. The monoisotopic (exact) mass is 384 g/mol. The van der Waals surface area contributed by atoms with Crippen LogP contribution in [0.5, 0.6) is 0 Å². The van der Waals surface area contributed by atoms with Gasteiger partial charge in [0.2, 0.25) is 15.9 Å². The zero-order valence-electron chi connectivity index (χ0n) is 10.6. The molecule has 1 atom stereocenters. The number of nitrogens with zero attached hydrogens (tertiary/aromatic N) is 1. The number of primary amides is 1. The van der Waals surface area contributed by atoms with Crippen molar-refractivity contribution < 1.29 is 26.7 Å². The van der Waals surface area contributed by atoms with E-state index in [1.165, 1.54) is 0 Å². The van der Waals surface area contributed by atoms with Crippen molar-refractivity contribution in [3.05, 3.63) is 28.2 Å². The summed E-state index contributed by atoms with van der Waals surface area (Å²) in [6, 6.07) is 0.0488. The smallest absolute Gasteiger partial charge is 0.248 e. The second kappa shape index (κ2) is 5.95. The molecule has 2 rings (SSSR count). The number of rotatable bonds is 3. The maximum atomic E-state index is 13.9. The first kappa shape index (κ1) is 16.3. The highest BCUT2D eigenvalue weighted by atomic mass is 79.9. The van der Waals surface area contributed by atoms with Crippen molar-refractivity contribution in [3.63, 3.8) is 0 Å². The van der Waals surface area contributed by atoms with Crippen molar-refractivity contribution in [3.8, 4) is 0 Å². The molecular weight excluding hydrogens is 374 g/mol. The zero-order chi connectivity index (χ0) is 15.8. The largest absolute Gasteiger partial charge is 0.378 e. The summed E-state index contributed by atoms with van der Waals surface area (Å²) in [6.45, 7) is -0.322. The Balaban J connectivity index is 2.53. The van der Waals surface area contributed by atoms with Gasteiger partial charge in [-0.3, -0.25) is 4.79 Å². The van der Waals surface area contributed by atoms with Gasteiger partial charge in [0, 0.05) is 17.1 Å². The number of carbonyl (C=O) groups excluding carboxylic acids is 1. The van der Waals surface area contributed by atoms with Crippen LogP contribution in [-0.4, -0.2) is 44.4 Å². The third kappa shape index (κ3) is 3.07. The zero-order valence-corrected chi connectivity index (χ0v) is 13.0. The Morgan fingerprint density at radius 3 is 2.67 bits per heavy atom. The molecule has 6 nitrogen and oxygen atoms in total. The summed E-state index contributed by atoms with van der Waals surface area (Å²) in [5.41, 5.74) is 5.14. The lowest BCUT2D eigenvalue weighted by molar-refractivity contribution is -0.125. The van der Waals surface area contributed by atoms with Crippen molar-refractivity contribution >= 4 is 31.9 Å². The number of hydrogen-bond donors (Lipinski definition) is 1. The van der Waals surface area contributed by atoms with Gasteiger partial charge in [-0.2, -0.15) is 4.31 Å². The lowest BCUT2D eigenvalue weighted by atomic mass is 10.3. The number of morpholine rings is 1. The predicted octanol–water partition coefficient (Wildman–Crippen LogP) is 0.602. The number of hydrogen-bond acceptors (Lipinski definition) is 4. The highest BCUT2D eigenvalue weighted by Crippen LogP contribution is 2.30. The summed E-state index contributed by atoms with van der Waals surface area (Å²) < 4.78 is 57.5. The number of carbonyl (C=O) groups is 1. The van der Waals surface area contributed by atoms with E-state index in [2.05, 4.69) is 15.9 Å². The molecule has 1 aromatic rings. The van der Waals surface area contributed by atoms with E-state index < -0.39 is 38.5 Å².